The Balaban J connectivity index is 1.41. The molecule has 150 valence electrons. The van der Waals surface area contributed by atoms with Crippen LogP contribution in [0.4, 0.5) is 5.69 Å². The summed E-state index contributed by atoms with van der Waals surface area (Å²) in [5.74, 6) is -0.959. The fourth-order valence-electron chi connectivity index (χ4n) is 2.73. The van der Waals surface area contributed by atoms with E-state index in [9.17, 15) is 19.2 Å². The van der Waals surface area contributed by atoms with Gasteiger partial charge in [0.2, 0.25) is 11.8 Å². The molecule has 1 N–H and O–H groups in total. The molecule has 1 saturated carbocycles. The van der Waals surface area contributed by atoms with Crippen LogP contribution in [0.3, 0.4) is 0 Å². The van der Waals surface area contributed by atoms with Crippen LogP contribution in [0.25, 0.3) is 0 Å². The van der Waals surface area contributed by atoms with E-state index in [1.807, 2.05) is 24.3 Å². The summed E-state index contributed by atoms with van der Waals surface area (Å²) in [7, 11) is 1.49. The maximum atomic E-state index is 12.2. The van der Waals surface area contributed by atoms with Gasteiger partial charge in [-0.25, -0.2) is 0 Å². The molecule has 0 atom stereocenters. The van der Waals surface area contributed by atoms with E-state index in [4.69, 9.17) is 4.74 Å². The van der Waals surface area contributed by atoms with E-state index >= 15 is 0 Å². The SMILES string of the molecule is CN(CC(=O)NC1CC1)C(=O)COC(=O)CCN1C(=O)CSc2ccccc21. The minimum Gasteiger partial charge on any atom is -0.456 e. The number of nitrogens with one attached hydrogen (secondary N) is 1. The normalized spacial score (nSPS) is 15.6. The van der Waals surface area contributed by atoms with Gasteiger partial charge in [0.05, 0.1) is 24.4 Å². The smallest absolute Gasteiger partial charge is 0.308 e. The molecule has 0 bridgehead atoms. The Morgan fingerprint density at radius 2 is 2.04 bits per heavy atom. The lowest BCUT2D eigenvalue weighted by molar-refractivity contribution is -0.151. The van der Waals surface area contributed by atoms with E-state index < -0.39 is 18.5 Å². The number of hydrogen-bond donors (Lipinski definition) is 1. The van der Waals surface area contributed by atoms with Crippen LogP contribution in [-0.2, 0) is 23.9 Å². The fraction of sp³-hybridized carbons (Fsp3) is 0.474. The third-order valence-corrected chi connectivity index (χ3v) is 5.50. The molecule has 8 nitrogen and oxygen atoms in total. The molecule has 0 radical (unpaired) electrons. The van der Waals surface area contributed by atoms with Gasteiger partial charge in [0.25, 0.3) is 5.91 Å². The van der Waals surface area contributed by atoms with Gasteiger partial charge in [0.1, 0.15) is 0 Å². The first-order chi connectivity index (χ1) is 13.4. The zero-order valence-electron chi connectivity index (χ0n) is 15.7. The van der Waals surface area contributed by atoms with Gasteiger partial charge in [0, 0.05) is 24.5 Å². The van der Waals surface area contributed by atoms with Crippen LogP contribution in [0.2, 0.25) is 0 Å². The van der Waals surface area contributed by atoms with E-state index in [-0.39, 0.29) is 37.4 Å². The number of benzene rings is 1. The Morgan fingerprint density at radius 3 is 2.79 bits per heavy atom. The van der Waals surface area contributed by atoms with Crippen LogP contribution in [0.5, 0.6) is 0 Å². The van der Waals surface area contributed by atoms with Crippen LogP contribution >= 0.6 is 11.8 Å². The molecule has 9 heteroatoms. The molecule has 0 aromatic heterocycles. The maximum absolute atomic E-state index is 12.2. The molecule has 28 heavy (non-hydrogen) atoms. The summed E-state index contributed by atoms with van der Waals surface area (Å²) in [6.45, 7) is -0.293. The van der Waals surface area contributed by atoms with Crippen LogP contribution in [0, 0.1) is 0 Å². The molecular weight excluding hydrogens is 382 g/mol. The molecule has 1 fully saturated rings. The van der Waals surface area contributed by atoms with Gasteiger partial charge >= 0.3 is 5.97 Å². The topological polar surface area (TPSA) is 96.0 Å². The summed E-state index contributed by atoms with van der Waals surface area (Å²) < 4.78 is 5.01. The number of likely N-dealkylation sites (N-methyl/N-ethyl adjacent to an activating group) is 1. The number of thioether (sulfide) groups is 1. The lowest BCUT2D eigenvalue weighted by Crippen LogP contribution is -2.41. The molecule has 1 aliphatic carbocycles. The van der Waals surface area contributed by atoms with Crippen molar-refractivity contribution in [2.75, 3.05) is 37.4 Å². The van der Waals surface area contributed by atoms with Crippen molar-refractivity contribution in [3.05, 3.63) is 24.3 Å². The second-order valence-electron chi connectivity index (χ2n) is 6.80. The number of para-hydroxylation sites is 1. The summed E-state index contributed by atoms with van der Waals surface area (Å²) in [6, 6.07) is 7.76. The fourth-order valence-corrected chi connectivity index (χ4v) is 3.67. The number of hydrogen-bond acceptors (Lipinski definition) is 6. The predicted molar refractivity (Wildman–Crippen MR) is 104 cm³/mol. The van der Waals surface area contributed by atoms with Crippen molar-refractivity contribution in [3.63, 3.8) is 0 Å². The van der Waals surface area contributed by atoms with Crippen molar-refractivity contribution in [2.24, 2.45) is 0 Å². The van der Waals surface area contributed by atoms with Crippen LogP contribution in [0.1, 0.15) is 19.3 Å². The van der Waals surface area contributed by atoms with Crippen molar-refractivity contribution in [3.8, 4) is 0 Å². The Bertz CT molecular complexity index is 781. The minimum atomic E-state index is -0.562. The average molecular weight is 405 g/mol. The van der Waals surface area contributed by atoms with E-state index in [0.29, 0.717) is 5.75 Å². The van der Waals surface area contributed by atoms with Gasteiger partial charge in [0.15, 0.2) is 6.61 Å². The molecule has 0 saturated heterocycles. The van der Waals surface area contributed by atoms with E-state index in [0.717, 1.165) is 23.4 Å². The second kappa shape index (κ2) is 9.09. The Labute approximate surface area is 167 Å². The van der Waals surface area contributed by atoms with Gasteiger partial charge in [-0.15, -0.1) is 11.8 Å². The monoisotopic (exact) mass is 405 g/mol. The lowest BCUT2D eigenvalue weighted by Gasteiger charge is -2.28. The average Bonchev–Trinajstić information content (AvgIpc) is 3.48. The highest BCUT2D eigenvalue weighted by Crippen LogP contribution is 2.34. The van der Waals surface area contributed by atoms with Crippen LogP contribution in [0.15, 0.2) is 29.2 Å². The predicted octanol–water partition coefficient (Wildman–Crippen LogP) is 0.796. The summed E-state index contributed by atoms with van der Waals surface area (Å²) in [5, 5.41) is 2.79. The third-order valence-electron chi connectivity index (χ3n) is 4.45. The summed E-state index contributed by atoms with van der Waals surface area (Å²) in [6.07, 6.45) is 1.94. The molecular formula is C19H23N3O5S. The van der Waals surface area contributed by atoms with Gasteiger partial charge in [-0.2, -0.15) is 0 Å². The molecule has 0 spiro atoms. The largest absolute Gasteiger partial charge is 0.456 e. The number of esters is 1. The molecule has 1 heterocycles. The molecule has 1 aliphatic heterocycles. The maximum Gasteiger partial charge on any atom is 0.308 e. The van der Waals surface area contributed by atoms with Crippen molar-refractivity contribution in [1.29, 1.82) is 0 Å². The molecule has 3 amide bonds. The zero-order valence-corrected chi connectivity index (χ0v) is 16.5. The molecule has 0 unspecified atom stereocenters. The highest BCUT2D eigenvalue weighted by molar-refractivity contribution is 8.00. The van der Waals surface area contributed by atoms with E-state index in [1.54, 1.807) is 4.90 Å². The van der Waals surface area contributed by atoms with Gasteiger partial charge in [-0.05, 0) is 25.0 Å². The molecule has 3 rings (SSSR count). The summed E-state index contributed by atoms with van der Waals surface area (Å²) in [4.78, 5) is 51.7. The van der Waals surface area contributed by atoms with Crippen LogP contribution < -0.4 is 10.2 Å². The van der Waals surface area contributed by atoms with Crippen molar-refractivity contribution in [2.45, 2.75) is 30.2 Å². The highest BCUT2D eigenvalue weighted by atomic mass is 32.2. The Hall–Kier alpha value is -2.55. The van der Waals surface area contributed by atoms with Gasteiger partial charge in [-0.1, -0.05) is 12.1 Å². The number of rotatable bonds is 8. The van der Waals surface area contributed by atoms with Crippen molar-refractivity contribution < 1.29 is 23.9 Å². The number of amides is 3. The van der Waals surface area contributed by atoms with Crippen molar-refractivity contribution in [1.82, 2.24) is 10.2 Å². The first-order valence-electron chi connectivity index (χ1n) is 9.15. The highest BCUT2D eigenvalue weighted by Gasteiger charge is 2.26. The first kappa shape index (κ1) is 20.2. The summed E-state index contributed by atoms with van der Waals surface area (Å²) in [5.41, 5.74) is 0.786. The Morgan fingerprint density at radius 1 is 1.29 bits per heavy atom. The quantitative estimate of drug-likeness (QED) is 0.643. The molecule has 2 aliphatic rings. The number of carbonyl (C=O) groups is 4. The lowest BCUT2D eigenvalue weighted by atomic mass is 10.2. The van der Waals surface area contributed by atoms with Gasteiger partial charge in [-0.3, -0.25) is 19.2 Å². The number of fused-ring (bicyclic) bond motifs is 1. The molecule has 1 aromatic rings. The molecule has 1 aromatic carbocycles. The minimum absolute atomic E-state index is 0.0100. The zero-order chi connectivity index (χ0) is 20.1. The number of anilines is 1. The summed E-state index contributed by atoms with van der Waals surface area (Å²) >= 11 is 1.47. The number of ether oxygens (including phenoxy) is 1. The standard InChI is InChI=1S/C19H23N3O5S/c1-21(10-16(23)20-13-6-7-13)17(24)11-27-19(26)8-9-22-14-4-2-3-5-15(14)28-12-18(22)25/h2-5,13H,6-12H2,1H3,(H,20,23). The number of nitrogens with zero attached hydrogens (tertiary/aromatic N) is 2. The van der Waals surface area contributed by atoms with E-state index in [1.165, 1.54) is 23.7 Å². The third kappa shape index (κ3) is 5.48. The van der Waals surface area contributed by atoms with Crippen LogP contribution in [-0.4, -0.2) is 67.1 Å². The first-order valence-corrected chi connectivity index (χ1v) is 10.1. The number of carbonyl (C=O) groups excluding carboxylic acids is 4. The van der Waals surface area contributed by atoms with E-state index in [2.05, 4.69) is 5.32 Å². The second-order valence-corrected chi connectivity index (χ2v) is 7.82. The van der Waals surface area contributed by atoms with Gasteiger partial charge < -0.3 is 19.9 Å². The Kier molecular flexibility index (Phi) is 6.56. The van der Waals surface area contributed by atoms with Crippen molar-refractivity contribution >= 4 is 41.1 Å².